The van der Waals surface area contributed by atoms with E-state index in [0.717, 1.165) is 6.08 Å². The summed E-state index contributed by atoms with van der Waals surface area (Å²) in [4.78, 5) is 24.0. The van der Waals surface area contributed by atoms with Crippen molar-refractivity contribution in [3.63, 3.8) is 0 Å². The molecule has 1 aromatic carbocycles. The summed E-state index contributed by atoms with van der Waals surface area (Å²) in [5.74, 6) is -0.968. The quantitative estimate of drug-likeness (QED) is 0.375. The van der Waals surface area contributed by atoms with E-state index in [0.29, 0.717) is 28.3 Å². The molecule has 0 aliphatic carbocycles. The number of halogens is 2. The standard InChI is InChI=1S/C19H18Cl2N2O5S/c1-12-16(19(21)23(22-12)15-8-9-29(26,27)11-15)6-7-18(25)28-10-17(24)13-2-4-14(20)5-3-13/h2-7,15H,8-11H2,1H3/b7-6+/t15-/m1/s1. The minimum atomic E-state index is -3.08. The fourth-order valence-electron chi connectivity index (χ4n) is 2.99. The lowest BCUT2D eigenvalue weighted by Gasteiger charge is -2.09. The van der Waals surface area contributed by atoms with Gasteiger partial charge in [0.25, 0.3) is 0 Å². The van der Waals surface area contributed by atoms with E-state index in [4.69, 9.17) is 27.9 Å². The van der Waals surface area contributed by atoms with Crippen molar-refractivity contribution in [2.45, 2.75) is 19.4 Å². The number of nitrogens with zero attached hydrogens (tertiary/aromatic N) is 2. The normalized spacial score (nSPS) is 18.2. The second-order valence-corrected chi connectivity index (χ2v) is 9.69. The number of sulfone groups is 1. The van der Waals surface area contributed by atoms with Crippen LogP contribution >= 0.6 is 23.2 Å². The first-order chi connectivity index (χ1) is 13.7. The molecule has 1 aliphatic heterocycles. The number of hydrogen-bond donors (Lipinski definition) is 0. The Hall–Kier alpha value is -2.16. The van der Waals surface area contributed by atoms with Gasteiger partial charge in [0, 0.05) is 22.2 Å². The molecule has 2 heterocycles. The predicted octanol–water partition coefficient (Wildman–Crippen LogP) is 3.30. The molecule has 0 amide bonds. The summed E-state index contributed by atoms with van der Waals surface area (Å²) < 4.78 is 29.8. The van der Waals surface area contributed by atoms with Crippen molar-refractivity contribution < 1.29 is 22.7 Å². The molecule has 2 aromatic rings. The molecule has 10 heteroatoms. The summed E-state index contributed by atoms with van der Waals surface area (Å²) in [6, 6.07) is 5.94. The van der Waals surface area contributed by atoms with Crippen LogP contribution in [0.5, 0.6) is 0 Å². The number of carbonyl (C=O) groups is 2. The fourth-order valence-corrected chi connectivity index (χ4v) is 5.18. The highest BCUT2D eigenvalue weighted by atomic mass is 35.5. The molecule has 1 saturated heterocycles. The molecule has 0 bridgehead atoms. The Morgan fingerprint density at radius 3 is 2.59 bits per heavy atom. The first kappa shape index (κ1) is 21.5. The molecule has 1 aliphatic rings. The largest absolute Gasteiger partial charge is 0.454 e. The maximum absolute atomic E-state index is 12.0. The van der Waals surface area contributed by atoms with Gasteiger partial charge in [-0.25, -0.2) is 17.9 Å². The molecule has 7 nitrogen and oxygen atoms in total. The number of ether oxygens (including phenoxy) is 1. The van der Waals surface area contributed by atoms with Crippen molar-refractivity contribution in [2.24, 2.45) is 0 Å². The number of carbonyl (C=O) groups excluding carboxylic acids is 2. The highest BCUT2D eigenvalue weighted by Gasteiger charge is 2.31. The third-order valence-corrected chi connectivity index (χ3v) is 6.90. The average Bonchev–Trinajstić information content (AvgIpc) is 3.17. The van der Waals surface area contributed by atoms with E-state index in [-0.39, 0.29) is 28.5 Å². The number of esters is 1. The highest BCUT2D eigenvalue weighted by molar-refractivity contribution is 7.91. The lowest BCUT2D eigenvalue weighted by Crippen LogP contribution is -2.12. The van der Waals surface area contributed by atoms with Crippen molar-refractivity contribution in [1.29, 1.82) is 0 Å². The summed E-state index contributed by atoms with van der Waals surface area (Å²) in [7, 11) is -3.08. The van der Waals surface area contributed by atoms with Crippen molar-refractivity contribution in [3.8, 4) is 0 Å². The van der Waals surface area contributed by atoms with Gasteiger partial charge in [-0.3, -0.25) is 4.79 Å². The number of benzene rings is 1. The van der Waals surface area contributed by atoms with Crippen LogP contribution in [0.25, 0.3) is 6.08 Å². The van der Waals surface area contributed by atoms with Crippen LogP contribution in [0.15, 0.2) is 30.3 Å². The van der Waals surface area contributed by atoms with E-state index < -0.39 is 22.4 Å². The molecule has 1 aromatic heterocycles. The smallest absolute Gasteiger partial charge is 0.331 e. The van der Waals surface area contributed by atoms with Gasteiger partial charge < -0.3 is 4.74 Å². The van der Waals surface area contributed by atoms with Gasteiger partial charge in [-0.15, -0.1) is 0 Å². The van der Waals surface area contributed by atoms with E-state index in [1.807, 2.05) is 0 Å². The Bertz CT molecular complexity index is 1070. The molecular weight excluding hydrogens is 439 g/mol. The predicted molar refractivity (Wildman–Crippen MR) is 110 cm³/mol. The number of hydrogen-bond acceptors (Lipinski definition) is 6. The number of Topliss-reactive ketones (excluding diaryl/α,β-unsaturated/α-hetero) is 1. The summed E-state index contributed by atoms with van der Waals surface area (Å²) in [5.41, 5.74) is 1.44. The zero-order valence-electron chi connectivity index (χ0n) is 15.5. The zero-order chi connectivity index (χ0) is 21.2. The van der Waals surface area contributed by atoms with Crippen LogP contribution in [-0.4, -0.2) is 48.1 Å². The lowest BCUT2D eigenvalue weighted by atomic mass is 10.1. The van der Waals surface area contributed by atoms with Gasteiger partial charge >= 0.3 is 5.97 Å². The van der Waals surface area contributed by atoms with Gasteiger partial charge in [0.05, 0.1) is 23.2 Å². The molecule has 0 unspecified atom stereocenters. The SMILES string of the molecule is Cc1nn([C@@H]2CCS(=O)(=O)C2)c(Cl)c1/C=C/C(=O)OCC(=O)c1ccc(Cl)cc1. The van der Waals surface area contributed by atoms with Crippen molar-refractivity contribution in [3.05, 3.63) is 57.3 Å². The second kappa shape index (κ2) is 8.69. The molecule has 1 atom stereocenters. The minimum absolute atomic E-state index is 0.00809. The summed E-state index contributed by atoms with van der Waals surface area (Å²) in [6.45, 7) is 1.30. The molecule has 0 saturated carbocycles. The Morgan fingerprint density at radius 1 is 1.28 bits per heavy atom. The van der Waals surface area contributed by atoms with Crippen LogP contribution in [0.3, 0.4) is 0 Å². The number of rotatable bonds is 6. The van der Waals surface area contributed by atoms with Gasteiger partial charge in [-0.05, 0) is 43.7 Å². The molecule has 154 valence electrons. The topological polar surface area (TPSA) is 95.3 Å². The third kappa shape index (κ3) is 5.26. The molecule has 0 N–H and O–H groups in total. The third-order valence-electron chi connectivity index (χ3n) is 4.52. The Labute approximate surface area is 178 Å². The summed E-state index contributed by atoms with van der Waals surface area (Å²) >= 11 is 12.1. The van der Waals surface area contributed by atoms with Crippen molar-refractivity contribution in [2.75, 3.05) is 18.1 Å². The van der Waals surface area contributed by atoms with Crippen LogP contribution in [0, 0.1) is 6.92 Å². The molecule has 29 heavy (non-hydrogen) atoms. The van der Waals surface area contributed by atoms with Crippen LogP contribution in [0.4, 0.5) is 0 Å². The van der Waals surface area contributed by atoms with Gasteiger partial charge in [0.1, 0.15) is 5.15 Å². The van der Waals surface area contributed by atoms with E-state index in [1.165, 1.54) is 10.8 Å². The van der Waals surface area contributed by atoms with Crippen LogP contribution in [0.2, 0.25) is 10.2 Å². The Balaban J connectivity index is 1.63. The monoisotopic (exact) mass is 456 g/mol. The van der Waals surface area contributed by atoms with Crippen LogP contribution in [0.1, 0.15) is 34.1 Å². The summed E-state index contributed by atoms with van der Waals surface area (Å²) in [6.07, 6.45) is 3.04. The van der Waals surface area contributed by atoms with Gasteiger partial charge in [-0.1, -0.05) is 23.2 Å². The maximum atomic E-state index is 12.0. The second-order valence-electron chi connectivity index (χ2n) is 6.66. The number of ketones is 1. The van der Waals surface area contributed by atoms with E-state index in [9.17, 15) is 18.0 Å². The Morgan fingerprint density at radius 2 is 1.97 bits per heavy atom. The Kier molecular flexibility index (Phi) is 6.45. The molecule has 1 fully saturated rings. The van der Waals surface area contributed by atoms with Crippen molar-refractivity contribution >= 4 is 50.9 Å². The van der Waals surface area contributed by atoms with Gasteiger partial charge in [0.15, 0.2) is 22.2 Å². The molecular formula is C19H18Cl2N2O5S. The fraction of sp³-hybridized carbons (Fsp3) is 0.316. The highest BCUT2D eigenvalue weighted by Crippen LogP contribution is 2.30. The molecule has 0 radical (unpaired) electrons. The maximum Gasteiger partial charge on any atom is 0.331 e. The minimum Gasteiger partial charge on any atom is -0.454 e. The van der Waals surface area contributed by atoms with Gasteiger partial charge in [-0.2, -0.15) is 5.10 Å². The first-order valence-corrected chi connectivity index (χ1v) is 11.3. The van der Waals surface area contributed by atoms with E-state index in [1.54, 1.807) is 31.2 Å². The van der Waals surface area contributed by atoms with E-state index >= 15 is 0 Å². The lowest BCUT2D eigenvalue weighted by molar-refractivity contribution is -0.136. The molecule has 3 rings (SSSR count). The first-order valence-electron chi connectivity index (χ1n) is 8.75. The summed E-state index contributed by atoms with van der Waals surface area (Å²) in [5, 5.41) is 5.07. The van der Waals surface area contributed by atoms with Crippen LogP contribution in [-0.2, 0) is 19.4 Å². The van der Waals surface area contributed by atoms with Gasteiger partial charge in [0.2, 0.25) is 0 Å². The van der Waals surface area contributed by atoms with Crippen molar-refractivity contribution in [1.82, 2.24) is 9.78 Å². The average molecular weight is 457 g/mol. The molecule has 0 spiro atoms. The zero-order valence-corrected chi connectivity index (χ0v) is 17.8. The number of aryl methyl sites for hydroxylation is 1. The number of aromatic nitrogens is 2. The van der Waals surface area contributed by atoms with Crippen LogP contribution < -0.4 is 0 Å². The van der Waals surface area contributed by atoms with E-state index in [2.05, 4.69) is 5.10 Å².